The molecule has 3 N–H and O–H groups in total. The fourth-order valence-electron chi connectivity index (χ4n) is 4.67. The first kappa shape index (κ1) is 25.4. The molecule has 0 radical (unpaired) electrons. The SMILES string of the molecule is COc1cc2c(c(N(C)/C(N=C3CCCC4NC34)=C(/C)NS(=O)(=O)c3cn(C)cn3)c1)OCC(CO)O2. The molecule has 13 heteroatoms. The number of sulfonamides is 1. The van der Waals surface area contributed by atoms with Gasteiger partial charge >= 0.3 is 0 Å². The van der Waals surface area contributed by atoms with Crippen molar-refractivity contribution < 1.29 is 27.7 Å². The Hall–Kier alpha value is -3.29. The number of rotatable bonds is 8. The van der Waals surface area contributed by atoms with Crippen LogP contribution in [0.2, 0.25) is 0 Å². The van der Waals surface area contributed by atoms with Crippen LogP contribution in [0.15, 0.2) is 46.2 Å². The molecular formula is C24H32N6O6S. The molecule has 2 fully saturated rings. The summed E-state index contributed by atoms with van der Waals surface area (Å²) in [5.41, 5.74) is 1.88. The van der Waals surface area contributed by atoms with Crippen LogP contribution in [0.3, 0.4) is 0 Å². The molecule has 0 bridgehead atoms. The van der Waals surface area contributed by atoms with E-state index < -0.39 is 16.1 Å². The average Bonchev–Trinajstić information content (AvgIpc) is 3.56. The van der Waals surface area contributed by atoms with Gasteiger partial charge in [0.1, 0.15) is 12.4 Å². The van der Waals surface area contributed by atoms with Gasteiger partial charge < -0.3 is 34.1 Å². The standard InChI is InChI=1S/C24H32N6O6S/c1-14(28-37(32,33)21-10-29(2)13-25-21)24(27-18-7-5-6-17-22(18)26-17)30(3)19-8-15(34-4)9-20-23(19)35-12-16(11-31)36-20/h8-10,13,16-17,22,26,28,31H,5-7,11-12H2,1-4H3/b24-14-,27-18?. The Morgan fingerprint density at radius 3 is 2.95 bits per heavy atom. The lowest BCUT2D eigenvalue weighted by atomic mass is 9.98. The lowest BCUT2D eigenvalue weighted by molar-refractivity contribution is 0.0457. The Kier molecular flexibility index (Phi) is 6.77. The predicted octanol–water partition coefficient (Wildman–Crippen LogP) is 1.13. The Balaban J connectivity index is 1.58. The molecule has 1 saturated carbocycles. The van der Waals surface area contributed by atoms with Crippen molar-refractivity contribution in [3.05, 3.63) is 36.2 Å². The summed E-state index contributed by atoms with van der Waals surface area (Å²) >= 11 is 0. The number of aliphatic imine (C=N–C) groups is 1. The van der Waals surface area contributed by atoms with Gasteiger partial charge in [-0.25, -0.2) is 9.98 Å². The van der Waals surface area contributed by atoms with E-state index in [0.717, 1.165) is 25.0 Å². The normalized spacial score (nSPS) is 24.2. The number of aryl methyl sites for hydroxylation is 1. The molecule has 5 rings (SSSR count). The molecule has 0 amide bonds. The number of fused-ring (bicyclic) bond motifs is 2. The maximum atomic E-state index is 13.1. The number of imidazole rings is 1. The first-order valence-corrected chi connectivity index (χ1v) is 13.6. The molecule has 1 aromatic heterocycles. The largest absolute Gasteiger partial charge is 0.497 e. The number of allylic oxidation sites excluding steroid dienone is 1. The molecule has 3 atom stereocenters. The molecule has 2 aliphatic heterocycles. The third kappa shape index (κ3) is 5.11. The zero-order valence-corrected chi connectivity index (χ0v) is 22.1. The van der Waals surface area contributed by atoms with Crippen molar-refractivity contribution in [2.24, 2.45) is 12.0 Å². The van der Waals surface area contributed by atoms with E-state index in [1.165, 1.54) is 12.5 Å². The highest BCUT2D eigenvalue weighted by Crippen LogP contribution is 2.45. The van der Waals surface area contributed by atoms with E-state index in [4.69, 9.17) is 19.2 Å². The van der Waals surface area contributed by atoms with E-state index in [-0.39, 0.29) is 24.3 Å². The topological polar surface area (TPSA) is 149 Å². The Bertz CT molecular complexity index is 1350. The maximum Gasteiger partial charge on any atom is 0.280 e. The van der Waals surface area contributed by atoms with Gasteiger partial charge in [0.2, 0.25) is 0 Å². The number of hydrogen-bond acceptors (Lipinski definition) is 10. The van der Waals surface area contributed by atoms with E-state index >= 15 is 0 Å². The first-order valence-electron chi connectivity index (χ1n) is 12.1. The molecule has 37 heavy (non-hydrogen) atoms. The number of anilines is 1. The fourth-order valence-corrected chi connectivity index (χ4v) is 5.76. The van der Waals surface area contributed by atoms with E-state index in [2.05, 4.69) is 15.0 Å². The minimum atomic E-state index is -3.94. The van der Waals surface area contributed by atoms with Gasteiger partial charge in [-0.1, -0.05) is 0 Å². The number of aliphatic hydroxyl groups is 1. The summed E-state index contributed by atoms with van der Waals surface area (Å²) in [5, 5.41) is 12.9. The highest BCUT2D eigenvalue weighted by Gasteiger charge is 2.42. The summed E-state index contributed by atoms with van der Waals surface area (Å²) in [7, 11) is 1.09. The third-order valence-electron chi connectivity index (χ3n) is 6.66. The van der Waals surface area contributed by atoms with E-state index in [1.807, 2.05) is 0 Å². The van der Waals surface area contributed by atoms with Crippen LogP contribution in [-0.4, -0.2) is 74.3 Å². The van der Waals surface area contributed by atoms with Crippen molar-refractivity contribution in [3.63, 3.8) is 0 Å². The zero-order valence-electron chi connectivity index (χ0n) is 21.3. The molecule has 0 spiro atoms. The molecule has 1 aromatic carbocycles. The predicted molar refractivity (Wildman–Crippen MR) is 137 cm³/mol. The zero-order chi connectivity index (χ0) is 26.3. The third-order valence-corrected chi connectivity index (χ3v) is 7.99. The minimum absolute atomic E-state index is 0.0869. The van der Waals surface area contributed by atoms with Crippen LogP contribution < -0.4 is 29.1 Å². The molecule has 12 nitrogen and oxygen atoms in total. The second kappa shape index (κ2) is 9.88. The van der Waals surface area contributed by atoms with Crippen LogP contribution in [0.1, 0.15) is 26.2 Å². The van der Waals surface area contributed by atoms with Crippen LogP contribution in [0, 0.1) is 0 Å². The van der Waals surface area contributed by atoms with Crippen LogP contribution in [-0.2, 0) is 17.1 Å². The Morgan fingerprint density at radius 1 is 1.43 bits per heavy atom. The number of hydrogen-bond donors (Lipinski definition) is 3. The summed E-state index contributed by atoms with van der Waals surface area (Å²) < 4.78 is 47.8. The van der Waals surface area contributed by atoms with Crippen LogP contribution in [0.4, 0.5) is 5.69 Å². The van der Waals surface area contributed by atoms with Crippen LogP contribution in [0.25, 0.3) is 0 Å². The highest BCUT2D eigenvalue weighted by molar-refractivity contribution is 7.89. The molecule has 1 saturated heterocycles. The quantitative estimate of drug-likeness (QED) is 0.425. The number of ether oxygens (including phenoxy) is 3. The van der Waals surface area contributed by atoms with E-state index in [9.17, 15) is 13.5 Å². The lowest BCUT2D eigenvalue weighted by Crippen LogP contribution is -2.33. The van der Waals surface area contributed by atoms with Crippen molar-refractivity contribution in [2.75, 3.05) is 32.3 Å². The Labute approximate surface area is 216 Å². The summed E-state index contributed by atoms with van der Waals surface area (Å²) in [6, 6.07) is 4.09. The number of methoxy groups -OCH3 is 1. The van der Waals surface area contributed by atoms with Gasteiger partial charge in [0.15, 0.2) is 28.4 Å². The number of aliphatic hydroxyl groups excluding tert-OH is 1. The van der Waals surface area contributed by atoms with Gasteiger partial charge in [-0.2, -0.15) is 8.42 Å². The second-order valence-corrected chi connectivity index (χ2v) is 11.1. The minimum Gasteiger partial charge on any atom is -0.497 e. The molecule has 2 aromatic rings. The maximum absolute atomic E-state index is 13.1. The monoisotopic (exact) mass is 532 g/mol. The molecular weight excluding hydrogens is 500 g/mol. The van der Waals surface area contributed by atoms with Crippen molar-refractivity contribution in [1.29, 1.82) is 0 Å². The number of nitrogens with zero attached hydrogens (tertiary/aromatic N) is 4. The summed E-state index contributed by atoms with van der Waals surface area (Å²) in [6.45, 7) is 1.65. The van der Waals surface area contributed by atoms with Gasteiger partial charge in [0.05, 0.1) is 37.5 Å². The van der Waals surface area contributed by atoms with E-state index in [0.29, 0.717) is 40.5 Å². The molecule has 200 valence electrons. The Morgan fingerprint density at radius 2 is 2.24 bits per heavy atom. The highest BCUT2D eigenvalue weighted by atomic mass is 32.2. The molecule has 3 heterocycles. The van der Waals surface area contributed by atoms with E-state index in [1.54, 1.807) is 49.7 Å². The van der Waals surface area contributed by atoms with Gasteiger partial charge in [0, 0.05) is 44.2 Å². The summed E-state index contributed by atoms with van der Waals surface area (Å²) in [5.74, 6) is 1.80. The van der Waals surface area contributed by atoms with Crippen molar-refractivity contribution >= 4 is 21.4 Å². The van der Waals surface area contributed by atoms with Crippen molar-refractivity contribution in [1.82, 2.24) is 19.6 Å². The molecule has 3 unspecified atom stereocenters. The van der Waals surface area contributed by atoms with Crippen LogP contribution >= 0.6 is 0 Å². The van der Waals surface area contributed by atoms with Gasteiger partial charge in [-0.05, 0) is 26.2 Å². The summed E-state index contributed by atoms with van der Waals surface area (Å²) in [4.78, 5) is 10.7. The number of nitrogens with one attached hydrogen (secondary N) is 2. The smallest absolute Gasteiger partial charge is 0.280 e. The molecule has 3 aliphatic rings. The van der Waals surface area contributed by atoms with Crippen LogP contribution in [0.5, 0.6) is 17.2 Å². The number of benzene rings is 1. The number of aromatic nitrogens is 2. The average molecular weight is 533 g/mol. The van der Waals surface area contributed by atoms with Gasteiger partial charge in [-0.15, -0.1) is 0 Å². The fraction of sp³-hybridized carbons (Fsp3) is 0.500. The second-order valence-electron chi connectivity index (χ2n) is 9.44. The van der Waals surface area contributed by atoms with Crippen molar-refractivity contribution in [2.45, 2.75) is 49.4 Å². The van der Waals surface area contributed by atoms with Gasteiger partial charge in [0.25, 0.3) is 10.0 Å². The summed E-state index contributed by atoms with van der Waals surface area (Å²) in [6.07, 6.45) is 5.30. The lowest BCUT2D eigenvalue weighted by Gasteiger charge is -2.31. The molecule has 1 aliphatic carbocycles. The van der Waals surface area contributed by atoms with Crippen molar-refractivity contribution in [3.8, 4) is 17.2 Å². The van der Waals surface area contributed by atoms with Gasteiger partial charge in [-0.3, -0.25) is 4.72 Å². The first-order chi connectivity index (χ1) is 17.7.